The van der Waals surface area contributed by atoms with Crippen molar-refractivity contribution in [1.82, 2.24) is 14.8 Å². The Morgan fingerprint density at radius 1 is 1.02 bits per heavy atom. The molecule has 2 fully saturated rings. The molecule has 1 aliphatic carbocycles. The monoisotopic (exact) mass is 635 g/mol. The summed E-state index contributed by atoms with van der Waals surface area (Å²) >= 11 is 0. The molecule has 1 saturated carbocycles. The highest BCUT2D eigenvalue weighted by molar-refractivity contribution is 6.06. The molecule has 9 nitrogen and oxygen atoms in total. The number of carbonyl (C=O) groups excluding carboxylic acids is 3. The van der Waals surface area contributed by atoms with Gasteiger partial charge in [-0.15, -0.1) is 0 Å². The Labute approximate surface area is 267 Å². The van der Waals surface area contributed by atoms with Gasteiger partial charge in [0.2, 0.25) is 5.91 Å². The predicted octanol–water partition coefficient (Wildman–Crippen LogP) is 6.20. The van der Waals surface area contributed by atoms with Crippen LogP contribution in [-0.4, -0.2) is 71.6 Å². The van der Waals surface area contributed by atoms with Crippen LogP contribution in [0.4, 0.5) is 19.3 Å². The molecule has 2 aliphatic heterocycles. The van der Waals surface area contributed by atoms with Crippen LogP contribution in [-0.2, 0) is 11.2 Å². The van der Waals surface area contributed by atoms with Crippen LogP contribution >= 0.6 is 0 Å². The summed E-state index contributed by atoms with van der Waals surface area (Å²) in [6.07, 6.45) is 2.99. The minimum absolute atomic E-state index is 0.0497. The Kier molecular flexibility index (Phi) is 8.80. The van der Waals surface area contributed by atoms with Crippen molar-refractivity contribution < 1.29 is 27.9 Å². The second-order valence-corrected chi connectivity index (χ2v) is 13.9. The molecule has 0 spiro atoms. The number of hydrogen-bond donors (Lipinski definition) is 3. The highest BCUT2D eigenvalue weighted by Gasteiger charge is 2.36. The highest BCUT2D eigenvalue weighted by atomic mass is 19.3. The van der Waals surface area contributed by atoms with Gasteiger partial charge in [-0.05, 0) is 61.3 Å². The van der Waals surface area contributed by atoms with Crippen molar-refractivity contribution >= 4 is 34.5 Å². The summed E-state index contributed by atoms with van der Waals surface area (Å²) in [7, 11) is 0. The Balaban J connectivity index is 1.11. The second kappa shape index (κ2) is 12.7. The molecule has 246 valence electrons. The molecule has 3 aromatic rings. The first-order valence-electron chi connectivity index (χ1n) is 16.3. The van der Waals surface area contributed by atoms with Gasteiger partial charge in [-0.3, -0.25) is 14.2 Å². The van der Waals surface area contributed by atoms with Crippen LogP contribution < -0.4 is 16.4 Å². The molecule has 1 aromatic heterocycles. The maximum atomic E-state index is 13.4. The number of nitrogens with two attached hydrogens (primary N) is 1. The normalized spacial score (nSPS) is 22.7. The number of amides is 2. The van der Waals surface area contributed by atoms with Crippen molar-refractivity contribution in [2.45, 2.75) is 83.3 Å². The first-order valence-corrected chi connectivity index (χ1v) is 16.3. The van der Waals surface area contributed by atoms with E-state index in [2.05, 4.69) is 24.5 Å². The quantitative estimate of drug-likeness (QED) is 0.271. The van der Waals surface area contributed by atoms with Crippen molar-refractivity contribution in [1.29, 1.82) is 0 Å². The van der Waals surface area contributed by atoms with E-state index in [4.69, 9.17) is 10.5 Å². The molecule has 0 bridgehead atoms. The number of likely N-dealkylation sites (tertiary alicyclic amines) is 1. The standard InChI is InChI=1S/C35H43F2N5O4/c1-34(2)20-29-31(26-5-3-4-6-28(26)42(29)30(43)21-34)22-7-12-25(32(38)44)27(19-22)40-23-8-10-24(11-9-23)46-33(45)39-15-18-41-16-13-35(36,37)14-17-41/h3-7,12,19,23-24,40H,8-11,13-18,20-21H2,1-2H3,(H2,38,44)(H,39,45)/t23-,24-. The Morgan fingerprint density at radius 3 is 2.46 bits per heavy atom. The van der Waals surface area contributed by atoms with Gasteiger partial charge in [0, 0.05) is 73.8 Å². The van der Waals surface area contributed by atoms with Gasteiger partial charge < -0.3 is 26.0 Å². The van der Waals surface area contributed by atoms with Gasteiger partial charge in [0.25, 0.3) is 11.8 Å². The van der Waals surface area contributed by atoms with E-state index in [1.165, 1.54) is 0 Å². The van der Waals surface area contributed by atoms with E-state index >= 15 is 0 Å². The van der Waals surface area contributed by atoms with E-state index in [-0.39, 0.29) is 36.3 Å². The zero-order valence-electron chi connectivity index (χ0n) is 26.5. The van der Waals surface area contributed by atoms with Gasteiger partial charge in [0.05, 0.1) is 11.1 Å². The fourth-order valence-electron chi connectivity index (χ4n) is 7.26. The number of anilines is 1. The van der Waals surface area contributed by atoms with Crippen LogP contribution in [0.2, 0.25) is 0 Å². The molecule has 3 heterocycles. The molecule has 3 aliphatic rings. The third-order valence-corrected chi connectivity index (χ3v) is 9.66. The first-order chi connectivity index (χ1) is 21.9. The van der Waals surface area contributed by atoms with E-state index in [9.17, 15) is 23.2 Å². The van der Waals surface area contributed by atoms with E-state index in [1.54, 1.807) is 6.07 Å². The van der Waals surface area contributed by atoms with Gasteiger partial charge >= 0.3 is 6.09 Å². The van der Waals surface area contributed by atoms with Crippen LogP contribution in [0.15, 0.2) is 42.5 Å². The number of primary amides is 1. The lowest BCUT2D eigenvalue weighted by atomic mass is 9.80. The molecule has 0 unspecified atom stereocenters. The zero-order chi connectivity index (χ0) is 32.6. The average molecular weight is 636 g/mol. The Bertz CT molecular complexity index is 1630. The number of fused-ring (bicyclic) bond motifs is 3. The molecule has 2 amide bonds. The van der Waals surface area contributed by atoms with Crippen LogP contribution in [0.25, 0.3) is 22.0 Å². The molecular weight excluding hydrogens is 592 g/mol. The molecule has 11 heteroatoms. The number of nitrogens with zero attached hydrogens (tertiary/aromatic N) is 2. The number of benzene rings is 2. The van der Waals surface area contributed by atoms with Crippen molar-refractivity contribution in [2.24, 2.45) is 11.1 Å². The lowest BCUT2D eigenvalue weighted by Gasteiger charge is -2.32. The third-order valence-electron chi connectivity index (χ3n) is 9.66. The first kappa shape index (κ1) is 32.0. The molecule has 0 atom stereocenters. The molecule has 4 N–H and O–H groups in total. The molecule has 0 radical (unpaired) electrons. The maximum absolute atomic E-state index is 13.4. The number of hydrogen-bond acceptors (Lipinski definition) is 6. The van der Waals surface area contributed by atoms with Crippen molar-refractivity contribution in [3.05, 3.63) is 53.7 Å². The fourth-order valence-corrected chi connectivity index (χ4v) is 7.26. The van der Waals surface area contributed by atoms with Crippen molar-refractivity contribution in [2.75, 3.05) is 31.5 Å². The third kappa shape index (κ3) is 6.89. The summed E-state index contributed by atoms with van der Waals surface area (Å²) in [5.74, 6) is -3.03. The number of alkyl halides is 2. The molecule has 6 rings (SSSR count). The maximum Gasteiger partial charge on any atom is 0.407 e. The minimum atomic E-state index is -2.59. The topological polar surface area (TPSA) is 119 Å². The lowest BCUT2D eigenvalue weighted by Crippen LogP contribution is -2.43. The van der Waals surface area contributed by atoms with E-state index < -0.39 is 17.9 Å². The Morgan fingerprint density at radius 2 is 1.74 bits per heavy atom. The van der Waals surface area contributed by atoms with Gasteiger partial charge in [-0.2, -0.15) is 0 Å². The summed E-state index contributed by atoms with van der Waals surface area (Å²) in [5.41, 5.74) is 10.4. The number of piperidine rings is 1. The summed E-state index contributed by atoms with van der Waals surface area (Å²) in [6.45, 7) is 5.74. The van der Waals surface area contributed by atoms with Crippen LogP contribution in [0, 0.1) is 5.41 Å². The number of halogens is 2. The zero-order valence-corrected chi connectivity index (χ0v) is 26.5. The van der Waals surface area contributed by atoms with Gasteiger partial charge in [0.1, 0.15) is 6.10 Å². The summed E-state index contributed by atoms with van der Waals surface area (Å²) in [6, 6.07) is 13.6. The van der Waals surface area contributed by atoms with Crippen LogP contribution in [0.5, 0.6) is 0 Å². The van der Waals surface area contributed by atoms with Crippen LogP contribution in [0.1, 0.15) is 79.6 Å². The number of para-hydroxylation sites is 1. The second-order valence-electron chi connectivity index (χ2n) is 13.9. The molecular formula is C35H43F2N5O4. The number of carbonyl (C=O) groups is 3. The van der Waals surface area contributed by atoms with Crippen molar-refractivity contribution in [3.63, 3.8) is 0 Å². The smallest absolute Gasteiger partial charge is 0.407 e. The lowest BCUT2D eigenvalue weighted by molar-refractivity contribution is -0.0548. The number of aromatic nitrogens is 1. The van der Waals surface area contributed by atoms with Crippen molar-refractivity contribution in [3.8, 4) is 11.1 Å². The van der Waals surface area contributed by atoms with Gasteiger partial charge in [-0.25, -0.2) is 13.6 Å². The van der Waals surface area contributed by atoms with E-state index in [0.717, 1.165) is 47.0 Å². The number of ether oxygens (including phenoxy) is 1. The minimum Gasteiger partial charge on any atom is -0.446 e. The number of nitrogens with one attached hydrogen (secondary N) is 2. The summed E-state index contributed by atoms with van der Waals surface area (Å²) in [4.78, 5) is 40.1. The number of rotatable bonds is 8. The van der Waals surface area contributed by atoms with Gasteiger partial charge in [-0.1, -0.05) is 38.1 Å². The largest absolute Gasteiger partial charge is 0.446 e. The molecule has 1 saturated heterocycles. The summed E-state index contributed by atoms with van der Waals surface area (Å²) < 4.78 is 34.2. The van der Waals surface area contributed by atoms with Gasteiger partial charge in [0.15, 0.2) is 0 Å². The SMILES string of the molecule is CC1(C)CC(=O)n2c(c(-c3ccc(C(N)=O)c(N[C@H]4CC[C@H](OC(=O)NCCN5CCC(F)(F)CC5)CC4)c3)c3ccccc32)C1. The average Bonchev–Trinajstić information content (AvgIpc) is 3.32. The number of alkyl carbamates (subject to hydrolysis) is 1. The summed E-state index contributed by atoms with van der Waals surface area (Å²) in [5, 5.41) is 7.29. The van der Waals surface area contributed by atoms with E-state index in [0.29, 0.717) is 56.7 Å². The molecule has 46 heavy (non-hydrogen) atoms. The highest BCUT2D eigenvalue weighted by Crippen LogP contribution is 2.43. The van der Waals surface area contributed by atoms with E-state index in [1.807, 2.05) is 45.9 Å². The Hall–Kier alpha value is -3.99. The fraction of sp³-hybridized carbons (Fsp3) is 0.514. The predicted molar refractivity (Wildman–Crippen MR) is 173 cm³/mol. The van der Waals surface area contributed by atoms with Crippen LogP contribution in [0.3, 0.4) is 0 Å². The molecule has 2 aromatic carbocycles.